The van der Waals surface area contributed by atoms with Crippen LogP contribution in [-0.4, -0.2) is 47.0 Å². The van der Waals surface area contributed by atoms with Crippen LogP contribution < -0.4 is 9.47 Å². The Labute approximate surface area is 214 Å². The van der Waals surface area contributed by atoms with Gasteiger partial charge < -0.3 is 19.7 Å². The van der Waals surface area contributed by atoms with E-state index in [9.17, 15) is 4.39 Å². The number of phenols is 2. The van der Waals surface area contributed by atoms with Crippen LogP contribution in [0.1, 0.15) is 51.5 Å². The highest BCUT2D eigenvalue weighted by Crippen LogP contribution is 2.38. The van der Waals surface area contributed by atoms with Gasteiger partial charge in [-0.25, -0.2) is 4.39 Å². The van der Waals surface area contributed by atoms with Crippen molar-refractivity contribution in [2.75, 3.05) is 19.7 Å². The number of hydrogen-bond donors (Lipinski definition) is 2. The number of likely N-dealkylation sites (tertiary alicyclic amines) is 1. The van der Waals surface area contributed by atoms with Crippen LogP contribution in [0, 0.1) is 5.82 Å². The van der Waals surface area contributed by atoms with Crippen LogP contribution >= 0.6 is 0 Å². The summed E-state index contributed by atoms with van der Waals surface area (Å²) in [5, 5.41) is 17.8. The average Bonchev–Trinajstić information content (AvgIpc) is 3.27. The molecule has 0 spiro atoms. The van der Waals surface area contributed by atoms with Crippen LogP contribution in [0.4, 0.5) is 4.39 Å². The molecule has 36 heavy (non-hydrogen) atoms. The van der Waals surface area contributed by atoms with Crippen molar-refractivity contribution in [3.05, 3.63) is 84.2 Å². The first-order chi connectivity index (χ1) is 17.3. The quantitative estimate of drug-likeness (QED) is 0.419. The van der Waals surface area contributed by atoms with Gasteiger partial charge in [-0.15, -0.1) is 0 Å². The van der Waals surface area contributed by atoms with Crippen molar-refractivity contribution in [3.8, 4) is 23.0 Å². The van der Waals surface area contributed by atoms with E-state index in [0.29, 0.717) is 23.7 Å². The first-order valence-electron chi connectivity index (χ1n) is 12.7. The van der Waals surface area contributed by atoms with E-state index < -0.39 is 5.82 Å². The monoisotopic (exact) mass is 495 g/mol. The number of aromatic hydroxyl groups is 2. The third kappa shape index (κ3) is 8.16. The number of hydrogen-bond acceptors (Lipinski definition) is 5. The van der Waals surface area contributed by atoms with Gasteiger partial charge in [0, 0.05) is 18.2 Å². The Morgan fingerprint density at radius 1 is 0.972 bits per heavy atom. The lowest BCUT2D eigenvalue weighted by atomic mass is 9.94. The molecule has 2 unspecified atom stereocenters. The molecule has 0 saturated carbocycles. The minimum Gasteiger partial charge on any atom is -0.508 e. The highest BCUT2D eigenvalue weighted by Gasteiger charge is 2.24. The molecule has 1 saturated heterocycles. The topological polar surface area (TPSA) is 62.2 Å². The molecule has 2 aliphatic rings. The molecule has 6 heteroatoms. The summed E-state index contributed by atoms with van der Waals surface area (Å²) in [6.07, 6.45) is 3.73. The Bertz CT molecular complexity index is 1050. The molecule has 2 N–H and O–H groups in total. The van der Waals surface area contributed by atoms with E-state index in [-0.39, 0.29) is 17.8 Å². The first kappa shape index (κ1) is 27.3. The highest BCUT2D eigenvalue weighted by molar-refractivity contribution is 5.44. The lowest BCUT2D eigenvalue weighted by Gasteiger charge is -2.25. The standard InChI is InChI=1S/C14H21NO.C10H11FO2.C6H6O/c1-12-7-6-10-15(12)11-13(2)16-14-8-4-3-5-9-14;1-6-4-5-13-8-3-2-7(12)10(11)9(6)8;7-6-4-2-1-3-5-6/h3-5,8-9,12-13H,6-7,10-11H2,1-2H3;2-3,6,12H,4-5H2,1H3;1-5,7H/t12?,13-;;/m1../s1. The maximum atomic E-state index is 13.4. The van der Waals surface area contributed by atoms with Gasteiger partial charge >= 0.3 is 0 Å². The number of benzene rings is 3. The zero-order chi connectivity index (χ0) is 25.9. The Morgan fingerprint density at radius 2 is 1.64 bits per heavy atom. The highest BCUT2D eigenvalue weighted by atomic mass is 19.1. The van der Waals surface area contributed by atoms with Gasteiger partial charge in [0.25, 0.3) is 0 Å². The molecule has 5 nitrogen and oxygen atoms in total. The zero-order valence-corrected chi connectivity index (χ0v) is 21.4. The fourth-order valence-electron chi connectivity index (χ4n) is 4.43. The normalized spacial score (nSPS) is 19.4. The van der Waals surface area contributed by atoms with Crippen LogP contribution in [-0.2, 0) is 0 Å². The molecule has 5 rings (SSSR count). The number of fused-ring (bicyclic) bond motifs is 1. The van der Waals surface area contributed by atoms with Gasteiger partial charge in [-0.3, -0.25) is 4.90 Å². The van der Waals surface area contributed by atoms with E-state index in [1.807, 2.05) is 43.3 Å². The van der Waals surface area contributed by atoms with Gasteiger partial charge in [0.15, 0.2) is 11.6 Å². The predicted molar refractivity (Wildman–Crippen MR) is 141 cm³/mol. The summed E-state index contributed by atoms with van der Waals surface area (Å²) in [5.41, 5.74) is 0.506. The second kappa shape index (κ2) is 13.7. The second-order valence-electron chi connectivity index (χ2n) is 9.41. The molecule has 2 aliphatic heterocycles. The second-order valence-corrected chi connectivity index (χ2v) is 9.41. The van der Waals surface area contributed by atoms with Crippen molar-refractivity contribution in [2.45, 2.75) is 58.1 Å². The van der Waals surface area contributed by atoms with E-state index in [4.69, 9.17) is 19.7 Å². The molecule has 0 bridgehead atoms. The third-order valence-electron chi connectivity index (χ3n) is 6.44. The Kier molecular flexibility index (Phi) is 10.4. The average molecular weight is 496 g/mol. The van der Waals surface area contributed by atoms with E-state index in [0.717, 1.165) is 24.8 Å². The maximum absolute atomic E-state index is 13.4. The van der Waals surface area contributed by atoms with Gasteiger partial charge in [0.05, 0.1) is 6.61 Å². The number of ether oxygens (including phenoxy) is 2. The maximum Gasteiger partial charge on any atom is 0.171 e. The number of rotatable bonds is 4. The summed E-state index contributed by atoms with van der Waals surface area (Å²) >= 11 is 0. The number of nitrogens with zero attached hydrogens (tertiary/aromatic N) is 1. The Hall–Kier alpha value is -3.25. The summed E-state index contributed by atoms with van der Waals surface area (Å²) in [7, 11) is 0. The summed E-state index contributed by atoms with van der Waals surface area (Å²) in [4.78, 5) is 2.52. The molecular weight excluding hydrogens is 457 g/mol. The van der Waals surface area contributed by atoms with E-state index in [1.54, 1.807) is 30.3 Å². The van der Waals surface area contributed by atoms with Crippen LogP contribution in [0.3, 0.4) is 0 Å². The zero-order valence-electron chi connectivity index (χ0n) is 21.4. The molecule has 0 aromatic heterocycles. The van der Waals surface area contributed by atoms with Crippen molar-refractivity contribution < 1.29 is 24.1 Å². The van der Waals surface area contributed by atoms with E-state index in [2.05, 4.69) is 18.7 Å². The molecule has 1 fully saturated rings. The molecule has 3 atom stereocenters. The lowest BCUT2D eigenvalue weighted by Crippen LogP contribution is -2.35. The van der Waals surface area contributed by atoms with Crippen molar-refractivity contribution >= 4 is 0 Å². The Morgan fingerprint density at radius 3 is 2.22 bits per heavy atom. The third-order valence-corrected chi connectivity index (χ3v) is 6.44. The number of para-hydroxylation sites is 2. The largest absolute Gasteiger partial charge is 0.508 e. The molecular formula is C30H38FNO4. The SMILES string of the molecule is CC1CCCN1C[C@@H](C)Oc1ccccc1.CC1CCOc2ccc(O)c(F)c21.Oc1ccccc1. The van der Waals surface area contributed by atoms with Crippen LogP contribution in [0.5, 0.6) is 23.0 Å². The van der Waals surface area contributed by atoms with Gasteiger partial charge in [-0.05, 0) is 82.0 Å². The van der Waals surface area contributed by atoms with Gasteiger partial charge in [-0.2, -0.15) is 0 Å². The van der Waals surface area contributed by atoms with Crippen LogP contribution in [0.2, 0.25) is 0 Å². The summed E-state index contributed by atoms with van der Waals surface area (Å²) in [5.74, 6) is 1.15. The number of halogens is 1. The fraction of sp³-hybridized carbons (Fsp3) is 0.400. The molecule has 0 aliphatic carbocycles. The van der Waals surface area contributed by atoms with Crippen LogP contribution in [0.15, 0.2) is 72.8 Å². The van der Waals surface area contributed by atoms with Crippen molar-refractivity contribution in [2.24, 2.45) is 0 Å². The summed E-state index contributed by atoms with van der Waals surface area (Å²) in [6.45, 7) is 9.28. The molecule has 3 aromatic rings. The number of phenolic OH excluding ortho intramolecular Hbond substituents is 2. The van der Waals surface area contributed by atoms with Gasteiger partial charge in [-0.1, -0.05) is 43.3 Å². The van der Waals surface area contributed by atoms with Crippen LogP contribution in [0.25, 0.3) is 0 Å². The fourth-order valence-corrected chi connectivity index (χ4v) is 4.43. The van der Waals surface area contributed by atoms with Gasteiger partial charge in [0.1, 0.15) is 23.4 Å². The summed E-state index contributed by atoms with van der Waals surface area (Å²) < 4.78 is 24.6. The molecule has 0 radical (unpaired) electrons. The first-order valence-corrected chi connectivity index (χ1v) is 12.7. The minimum atomic E-state index is -0.537. The predicted octanol–water partition coefficient (Wildman–Crippen LogP) is 6.75. The summed E-state index contributed by atoms with van der Waals surface area (Å²) in [6, 6.07) is 22.5. The molecule has 2 heterocycles. The van der Waals surface area contributed by atoms with Crippen molar-refractivity contribution in [3.63, 3.8) is 0 Å². The van der Waals surface area contributed by atoms with E-state index in [1.165, 1.54) is 25.5 Å². The lowest BCUT2D eigenvalue weighted by molar-refractivity contribution is 0.142. The molecule has 3 aromatic carbocycles. The van der Waals surface area contributed by atoms with Crippen molar-refractivity contribution in [1.82, 2.24) is 4.90 Å². The van der Waals surface area contributed by atoms with E-state index >= 15 is 0 Å². The molecule has 194 valence electrons. The van der Waals surface area contributed by atoms with Gasteiger partial charge in [0.2, 0.25) is 0 Å². The minimum absolute atomic E-state index is 0.121. The smallest absolute Gasteiger partial charge is 0.171 e. The van der Waals surface area contributed by atoms with Crippen molar-refractivity contribution in [1.29, 1.82) is 0 Å². The molecule has 0 amide bonds. The Balaban J connectivity index is 0.000000162.